The second-order valence-corrected chi connectivity index (χ2v) is 7.97. The van der Waals surface area contributed by atoms with Crippen LogP contribution in [0.2, 0.25) is 0 Å². The Balaban J connectivity index is 1.47. The van der Waals surface area contributed by atoms with Gasteiger partial charge in [-0.15, -0.1) is 23.1 Å². The summed E-state index contributed by atoms with van der Waals surface area (Å²) in [6.07, 6.45) is 1.76. The van der Waals surface area contributed by atoms with E-state index in [-0.39, 0.29) is 17.9 Å². The lowest BCUT2D eigenvalue weighted by Crippen LogP contribution is -2.47. The topological polar surface area (TPSA) is 71.5 Å². The first-order valence-electron chi connectivity index (χ1n) is 8.82. The molecule has 27 heavy (non-hydrogen) atoms. The number of amides is 2. The Morgan fingerprint density at radius 3 is 2.81 bits per heavy atom. The van der Waals surface area contributed by atoms with Gasteiger partial charge in [0.25, 0.3) is 0 Å². The van der Waals surface area contributed by atoms with Gasteiger partial charge in [-0.25, -0.2) is 4.98 Å². The number of ether oxygens (including phenoxy) is 1. The van der Waals surface area contributed by atoms with E-state index in [0.29, 0.717) is 37.4 Å². The standard InChI is InChI=1S/C19H23N3O3S2/c1-25-16-5-2-14(3-6-16)4-7-18(23)22-13-27-11-17(22)19(24)20-9-8-15-10-26-12-21-15/h2-3,5-6,10,12,17H,4,7-9,11,13H2,1H3,(H,20,24)/t17-/m1/s1. The largest absolute Gasteiger partial charge is 0.497 e. The SMILES string of the molecule is COc1ccc(CCC(=O)N2CSC[C@@H]2C(=O)NCCc2cscn2)cc1. The van der Waals surface area contributed by atoms with E-state index in [1.165, 1.54) is 0 Å². The van der Waals surface area contributed by atoms with E-state index in [1.54, 1.807) is 40.6 Å². The number of carbonyl (C=O) groups is 2. The minimum Gasteiger partial charge on any atom is -0.497 e. The summed E-state index contributed by atoms with van der Waals surface area (Å²) in [5.74, 6) is 1.97. The number of hydrogen-bond acceptors (Lipinski definition) is 6. The molecule has 0 unspecified atom stereocenters. The minimum absolute atomic E-state index is 0.0236. The third-order valence-electron chi connectivity index (χ3n) is 4.46. The summed E-state index contributed by atoms with van der Waals surface area (Å²) in [6, 6.07) is 7.34. The van der Waals surface area contributed by atoms with Crippen molar-refractivity contribution in [2.75, 3.05) is 25.3 Å². The molecule has 2 amide bonds. The van der Waals surface area contributed by atoms with Crippen LogP contribution in [-0.2, 0) is 22.4 Å². The fraction of sp³-hybridized carbons (Fsp3) is 0.421. The van der Waals surface area contributed by atoms with E-state index in [9.17, 15) is 9.59 Å². The lowest BCUT2D eigenvalue weighted by molar-refractivity contribution is -0.138. The van der Waals surface area contributed by atoms with E-state index in [0.717, 1.165) is 17.0 Å². The van der Waals surface area contributed by atoms with Crippen LogP contribution in [0.15, 0.2) is 35.2 Å². The van der Waals surface area contributed by atoms with Crippen molar-refractivity contribution in [3.8, 4) is 5.75 Å². The Labute approximate surface area is 167 Å². The van der Waals surface area contributed by atoms with Gasteiger partial charge in [0, 0.05) is 30.5 Å². The Hall–Kier alpha value is -2.06. The number of aromatic nitrogens is 1. The van der Waals surface area contributed by atoms with E-state index >= 15 is 0 Å². The number of carbonyl (C=O) groups excluding carboxylic acids is 2. The van der Waals surface area contributed by atoms with Crippen LogP contribution in [-0.4, -0.2) is 53.0 Å². The maximum atomic E-state index is 12.6. The molecule has 8 heteroatoms. The number of hydrogen-bond donors (Lipinski definition) is 1. The fourth-order valence-electron chi connectivity index (χ4n) is 2.89. The van der Waals surface area contributed by atoms with Crippen LogP contribution >= 0.6 is 23.1 Å². The molecule has 2 aromatic rings. The number of thioether (sulfide) groups is 1. The molecule has 3 rings (SSSR count). The van der Waals surface area contributed by atoms with Gasteiger partial charge in [0.2, 0.25) is 11.8 Å². The van der Waals surface area contributed by atoms with Crippen LogP contribution in [0, 0.1) is 0 Å². The van der Waals surface area contributed by atoms with Gasteiger partial charge in [-0.3, -0.25) is 9.59 Å². The molecular formula is C19H23N3O3S2. The first-order chi connectivity index (χ1) is 13.2. The average Bonchev–Trinajstić information content (AvgIpc) is 3.38. The molecule has 144 valence electrons. The molecule has 6 nitrogen and oxygen atoms in total. The van der Waals surface area contributed by atoms with Crippen LogP contribution < -0.4 is 10.1 Å². The lowest BCUT2D eigenvalue weighted by atomic mass is 10.1. The van der Waals surface area contributed by atoms with Crippen molar-refractivity contribution in [3.63, 3.8) is 0 Å². The molecule has 1 aromatic heterocycles. The highest BCUT2D eigenvalue weighted by Gasteiger charge is 2.34. The maximum Gasteiger partial charge on any atom is 0.243 e. The number of aryl methyl sites for hydroxylation is 1. The molecule has 1 aliphatic rings. The van der Waals surface area contributed by atoms with Crippen molar-refractivity contribution in [1.29, 1.82) is 0 Å². The molecule has 0 radical (unpaired) electrons. The van der Waals surface area contributed by atoms with Gasteiger partial charge >= 0.3 is 0 Å². The van der Waals surface area contributed by atoms with E-state index in [2.05, 4.69) is 10.3 Å². The molecule has 0 saturated carbocycles. The van der Waals surface area contributed by atoms with Gasteiger partial charge in [0.05, 0.1) is 24.2 Å². The van der Waals surface area contributed by atoms with Crippen molar-refractivity contribution >= 4 is 34.9 Å². The Morgan fingerprint density at radius 2 is 2.11 bits per heavy atom. The lowest BCUT2D eigenvalue weighted by Gasteiger charge is -2.23. The molecule has 1 aliphatic heterocycles. The van der Waals surface area contributed by atoms with Crippen LogP contribution in [0.4, 0.5) is 0 Å². The molecule has 1 fully saturated rings. The Morgan fingerprint density at radius 1 is 1.30 bits per heavy atom. The summed E-state index contributed by atoms with van der Waals surface area (Å²) in [7, 11) is 1.63. The summed E-state index contributed by atoms with van der Waals surface area (Å²) in [6.45, 7) is 0.539. The molecule has 0 bridgehead atoms. The van der Waals surface area contributed by atoms with Crippen molar-refractivity contribution in [2.45, 2.75) is 25.3 Å². The Bertz CT molecular complexity index is 750. The van der Waals surface area contributed by atoms with Crippen LogP contribution in [0.25, 0.3) is 0 Å². The number of thiazole rings is 1. The molecule has 1 saturated heterocycles. The minimum atomic E-state index is -0.381. The highest BCUT2D eigenvalue weighted by atomic mass is 32.2. The van der Waals surface area contributed by atoms with Gasteiger partial charge in [-0.05, 0) is 24.1 Å². The average molecular weight is 406 g/mol. The molecule has 1 aromatic carbocycles. The van der Waals surface area contributed by atoms with Crippen LogP contribution in [0.3, 0.4) is 0 Å². The fourth-order valence-corrected chi connectivity index (χ4v) is 4.66. The third kappa shape index (κ3) is 5.46. The van der Waals surface area contributed by atoms with Gasteiger partial charge in [-0.2, -0.15) is 0 Å². The zero-order chi connectivity index (χ0) is 19.1. The number of nitrogens with one attached hydrogen (secondary N) is 1. The van der Waals surface area contributed by atoms with Crippen LogP contribution in [0.5, 0.6) is 5.75 Å². The normalized spacial score (nSPS) is 16.3. The first-order valence-corrected chi connectivity index (χ1v) is 10.9. The molecule has 0 spiro atoms. The number of methoxy groups -OCH3 is 1. The Kier molecular flexibility index (Phi) is 7.11. The van der Waals surface area contributed by atoms with Crippen molar-refractivity contribution in [1.82, 2.24) is 15.2 Å². The predicted molar refractivity (Wildman–Crippen MR) is 108 cm³/mol. The first kappa shape index (κ1) is 19.7. The summed E-state index contributed by atoms with van der Waals surface area (Å²) in [4.78, 5) is 31.0. The smallest absolute Gasteiger partial charge is 0.243 e. The molecule has 1 atom stereocenters. The zero-order valence-corrected chi connectivity index (χ0v) is 16.9. The molecule has 1 N–H and O–H groups in total. The van der Waals surface area contributed by atoms with Crippen LogP contribution in [0.1, 0.15) is 17.7 Å². The van der Waals surface area contributed by atoms with Gasteiger partial charge in [-0.1, -0.05) is 12.1 Å². The van der Waals surface area contributed by atoms with E-state index in [4.69, 9.17) is 4.74 Å². The molecule has 0 aliphatic carbocycles. The van der Waals surface area contributed by atoms with E-state index in [1.807, 2.05) is 29.6 Å². The quantitative estimate of drug-likeness (QED) is 0.730. The van der Waals surface area contributed by atoms with E-state index < -0.39 is 0 Å². The van der Waals surface area contributed by atoms with Gasteiger partial charge in [0.15, 0.2) is 0 Å². The molecular weight excluding hydrogens is 382 g/mol. The summed E-state index contributed by atoms with van der Waals surface area (Å²) < 4.78 is 5.15. The zero-order valence-electron chi connectivity index (χ0n) is 15.2. The monoisotopic (exact) mass is 405 g/mol. The number of benzene rings is 1. The van der Waals surface area contributed by atoms with Gasteiger partial charge < -0.3 is 15.0 Å². The van der Waals surface area contributed by atoms with Crippen molar-refractivity contribution in [3.05, 3.63) is 46.4 Å². The molecule has 2 heterocycles. The van der Waals surface area contributed by atoms with Crippen molar-refractivity contribution in [2.24, 2.45) is 0 Å². The maximum absolute atomic E-state index is 12.6. The third-order valence-corrected chi connectivity index (χ3v) is 6.10. The number of rotatable bonds is 8. The predicted octanol–water partition coefficient (Wildman–Crippen LogP) is 2.34. The number of nitrogens with zero attached hydrogens (tertiary/aromatic N) is 2. The second kappa shape index (κ2) is 9.75. The van der Waals surface area contributed by atoms with Crippen molar-refractivity contribution < 1.29 is 14.3 Å². The van der Waals surface area contributed by atoms with Gasteiger partial charge in [0.1, 0.15) is 11.8 Å². The summed E-state index contributed by atoms with van der Waals surface area (Å²) >= 11 is 3.17. The second-order valence-electron chi connectivity index (χ2n) is 6.25. The summed E-state index contributed by atoms with van der Waals surface area (Å²) in [5.41, 5.74) is 3.85. The highest BCUT2D eigenvalue weighted by molar-refractivity contribution is 7.99. The summed E-state index contributed by atoms with van der Waals surface area (Å²) in [5, 5.41) is 4.92. The highest BCUT2D eigenvalue weighted by Crippen LogP contribution is 2.22.